The van der Waals surface area contributed by atoms with Gasteiger partial charge in [-0.3, -0.25) is 4.79 Å². The van der Waals surface area contributed by atoms with E-state index >= 15 is 0 Å². The minimum Gasteiger partial charge on any atom is -0.343 e. The zero-order valence-electron chi connectivity index (χ0n) is 10.9. The van der Waals surface area contributed by atoms with E-state index in [0.717, 1.165) is 12.8 Å². The van der Waals surface area contributed by atoms with E-state index in [2.05, 4.69) is 5.32 Å². The predicted molar refractivity (Wildman–Crippen MR) is 70.1 cm³/mol. The molecule has 1 N–H and O–H groups in total. The molecule has 1 atom stereocenters. The third kappa shape index (κ3) is 3.45. The fourth-order valence-corrected chi connectivity index (χ4v) is 4.29. The molecule has 1 aliphatic heterocycles. The zero-order chi connectivity index (χ0) is 13.2. The number of nitrogens with one attached hydrogen (secondary N) is 1. The molecule has 0 aromatic heterocycles. The van der Waals surface area contributed by atoms with Gasteiger partial charge in [-0.1, -0.05) is 12.8 Å². The molecular formula is C12H22N2O3S. The summed E-state index contributed by atoms with van der Waals surface area (Å²) in [6.45, 7) is 0.466. The molecule has 0 aromatic rings. The minimum atomic E-state index is -2.96. The average Bonchev–Trinajstić information content (AvgIpc) is 2.79. The Morgan fingerprint density at radius 2 is 2.00 bits per heavy atom. The largest absolute Gasteiger partial charge is 0.343 e. The van der Waals surface area contributed by atoms with Crippen LogP contribution < -0.4 is 5.32 Å². The van der Waals surface area contributed by atoms with Crippen molar-refractivity contribution in [1.29, 1.82) is 0 Å². The van der Waals surface area contributed by atoms with Gasteiger partial charge in [0.05, 0.1) is 11.5 Å². The Hall–Kier alpha value is -0.620. The fraction of sp³-hybridized carbons (Fsp3) is 0.917. The Morgan fingerprint density at radius 1 is 1.33 bits per heavy atom. The molecule has 5 nitrogen and oxygen atoms in total. The minimum absolute atomic E-state index is 0.0662. The highest BCUT2D eigenvalue weighted by Gasteiger charge is 2.29. The van der Waals surface area contributed by atoms with Crippen LogP contribution in [-0.4, -0.2) is 56.4 Å². The molecular weight excluding hydrogens is 252 g/mol. The average molecular weight is 274 g/mol. The first-order valence-electron chi connectivity index (χ1n) is 6.67. The molecule has 104 valence electrons. The maximum atomic E-state index is 12.1. The van der Waals surface area contributed by atoms with Crippen molar-refractivity contribution in [3.05, 3.63) is 0 Å². The Morgan fingerprint density at radius 3 is 2.61 bits per heavy atom. The monoisotopic (exact) mass is 274 g/mol. The molecule has 2 rings (SSSR count). The summed E-state index contributed by atoms with van der Waals surface area (Å²) in [5.74, 6) is 0.351. The summed E-state index contributed by atoms with van der Waals surface area (Å²) in [5, 5.41) is 3.12. The van der Waals surface area contributed by atoms with Crippen LogP contribution in [0, 0.1) is 0 Å². The van der Waals surface area contributed by atoms with Gasteiger partial charge in [0.15, 0.2) is 9.84 Å². The van der Waals surface area contributed by atoms with Crippen LogP contribution in [0.25, 0.3) is 0 Å². The highest BCUT2D eigenvalue weighted by atomic mass is 32.2. The first kappa shape index (κ1) is 13.8. The van der Waals surface area contributed by atoms with Gasteiger partial charge in [0.25, 0.3) is 0 Å². The summed E-state index contributed by atoms with van der Waals surface area (Å²) in [7, 11) is -1.11. The second-order valence-electron chi connectivity index (χ2n) is 5.41. The molecule has 1 amide bonds. The normalized spacial score (nSPS) is 28.2. The highest BCUT2D eigenvalue weighted by molar-refractivity contribution is 7.91. The molecule has 2 fully saturated rings. The number of hydrogen-bond acceptors (Lipinski definition) is 4. The number of rotatable bonds is 3. The van der Waals surface area contributed by atoms with Gasteiger partial charge in [-0.25, -0.2) is 8.42 Å². The van der Waals surface area contributed by atoms with E-state index < -0.39 is 9.84 Å². The van der Waals surface area contributed by atoms with Crippen molar-refractivity contribution in [2.24, 2.45) is 0 Å². The molecule has 1 heterocycles. The first-order chi connectivity index (χ1) is 8.48. The lowest BCUT2D eigenvalue weighted by Crippen LogP contribution is -2.48. The van der Waals surface area contributed by atoms with Crippen LogP contribution in [0.5, 0.6) is 0 Å². The van der Waals surface area contributed by atoms with Gasteiger partial charge in [-0.05, 0) is 12.8 Å². The van der Waals surface area contributed by atoms with Crippen molar-refractivity contribution in [1.82, 2.24) is 10.2 Å². The fourth-order valence-electron chi connectivity index (χ4n) is 2.85. The van der Waals surface area contributed by atoms with Crippen molar-refractivity contribution < 1.29 is 13.2 Å². The van der Waals surface area contributed by atoms with E-state index in [-0.39, 0.29) is 23.5 Å². The number of amides is 1. The van der Waals surface area contributed by atoms with E-state index in [1.165, 1.54) is 12.8 Å². The lowest BCUT2D eigenvalue weighted by molar-refractivity contribution is -0.132. The number of carbonyl (C=O) groups excluding carboxylic acids is 1. The molecule has 1 aliphatic carbocycles. The highest BCUT2D eigenvalue weighted by Crippen LogP contribution is 2.23. The van der Waals surface area contributed by atoms with Gasteiger partial charge >= 0.3 is 0 Å². The quantitative estimate of drug-likeness (QED) is 0.796. The van der Waals surface area contributed by atoms with E-state index in [1.54, 1.807) is 0 Å². The topological polar surface area (TPSA) is 66.5 Å². The van der Waals surface area contributed by atoms with Gasteiger partial charge < -0.3 is 10.2 Å². The van der Waals surface area contributed by atoms with Crippen LogP contribution in [0.1, 0.15) is 32.1 Å². The Balaban J connectivity index is 1.86. The maximum Gasteiger partial charge on any atom is 0.224 e. The van der Waals surface area contributed by atoms with E-state index in [4.69, 9.17) is 0 Å². The summed E-state index contributed by atoms with van der Waals surface area (Å²) >= 11 is 0. The summed E-state index contributed by atoms with van der Waals surface area (Å²) in [6, 6.07) is 0.151. The number of sulfone groups is 1. The molecule has 0 spiro atoms. The molecule has 1 unspecified atom stereocenters. The lowest BCUT2D eigenvalue weighted by atomic mass is 10.1. The summed E-state index contributed by atoms with van der Waals surface area (Å²) < 4.78 is 23.0. The van der Waals surface area contributed by atoms with Crippen LogP contribution in [0.3, 0.4) is 0 Å². The molecule has 0 aromatic carbocycles. The third-order valence-corrected chi connectivity index (χ3v) is 5.72. The third-order valence-electron chi connectivity index (χ3n) is 3.99. The Kier molecular flexibility index (Phi) is 4.27. The molecule has 0 bridgehead atoms. The molecule has 18 heavy (non-hydrogen) atoms. The SMILES string of the molecule is CN(C(=O)CC1CS(=O)(=O)CCN1)C1CCCC1. The molecule has 1 saturated heterocycles. The smallest absolute Gasteiger partial charge is 0.224 e. The van der Waals surface area contributed by atoms with Crippen molar-refractivity contribution in [2.75, 3.05) is 25.1 Å². The number of carbonyl (C=O) groups is 1. The number of hydrogen-bond donors (Lipinski definition) is 1. The predicted octanol–water partition coefficient (Wildman–Crippen LogP) is 0.164. The van der Waals surface area contributed by atoms with Gasteiger partial charge in [0.2, 0.25) is 5.91 Å². The van der Waals surface area contributed by atoms with Gasteiger partial charge in [-0.2, -0.15) is 0 Å². The maximum absolute atomic E-state index is 12.1. The molecule has 2 aliphatic rings. The van der Waals surface area contributed by atoms with Crippen LogP contribution >= 0.6 is 0 Å². The molecule has 0 radical (unpaired) electrons. The number of nitrogens with zero attached hydrogens (tertiary/aromatic N) is 1. The second kappa shape index (κ2) is 5.57. The van der Waals surface area contributed by atoms with Crippen LogP contribution in [0.15, 0.2) is 0 Å². The van der Waals surface area contributed by atoms with Crippen molar-refractivity contribution in [3.63, 3.8) is 0 Å². The van der Waals surface area contributed by atoms with Gasteiger partial charge in [0.1, 0.15) is 0 Å². The van der Waals surface area contributed by atoms with E-state index in [1.807, 2.05) is 11.9 Å². The standard InChI is InChI=1S/C12H22N2O3S/c1-14(11-4-2-3-5-11)12(15)8-10-9-18(16,17)7-6-13-10/h10-11,13H,2-9H2,1H3. The van der Waals surface area contributed by atoms with Crippen LogP contribution in [0.4, 0.5) is 0 Å². The first-order valence-corrected chi connectivity index (χ1v) is 8.49. The van der Waals surface area contributed by atoms with Gasteiger partial charge in [0, 0.05) is 32.1 Å². The van der Waals surface area contributed by atoms with Crippen molar-refractivity contribution >= 4 is 15.7 Å². The van der Waals surface area contributed by atoms with E-state index in [9.17, 15) is 13.2 Å². The van der Waals surface area contributed by atoms with Crippen molar-refractivity contribution in [3.8, 4) is 0 Å². The van der Waals surface area contributed by atoms with Gasteiger partial charge in [-0.15, -0.1) is 0 Å². The second-order valence-corrected chi connectivity index (χ2v) is 7.64. The van der Waals surface area contributed by atoms with Crippen LogP contribution in [0.2, 0.25) is 0 Å². The summed E-state index contributed by atoms with van der Waals surface area (Å²) in [4.78, 5) is 13.9. The van der Waals surface area contributed by atoms with Crippen molar-refractivity contribution in [2.45, 2.75) is 44.2 Å². The van der Waals surface area contributed by atoms with E-state index in [0.29, 0.717) is 19.0 Å². The summed E-state index contributed by atoms with van der Waals surface area (Å²) in [6.07, 6.45) is 4.85. The van der Waals surface area contributed by atoms with Crippen LogP contribution in [-0.2, 0) is 14.6 Å². The zero-order valence-corrected chi connectivity index (χ0v) is 11.7. The Bertz CT molecular complexity index is 402. The molecule has 6 heteroatoms. The lowest BCUT2D eigenvalue weighted by Gasteiger charge is -2.28. The Labute approximate surface area is 109 Å². The molecule has 1 saturated carbocycles. The summed E-state index contributed by atoms with van der Waals surface area (Å²) in [5.41, 5.74) is 0.